The van der Waals surface area contributed by atoms with Crippen molar-refractivity contribution in [2.24, 2.45) is 0 Å². The highest BCUT2D eigenvalue weighted by Gasteiger charge is 2.19. The second-order valence-electron chi connectivity index (χ2n) is 4.93. The van der Waals surface area contributed by atoms with Crippen LogP contribution in [0.4, 0.5) is 17.8 Å². The third-order valence-electron chi connectivity index (χ3n) is 3.49. The summed E-state index contributed by atoms with van der Waals surface area (Å²) in [6, 6.07) is 2.21. The number of nitrogens with one attached hydrogen (secondary N) is 1. The number of ether oxygens (including phenoxy) is 1. The van der Waals surface area contributed by atoms with Crippen molar-refractivity contribution in [2.45, 2.75) is 19.4 Å². The molecule has 2 heterocycles. The SMILES string of the molecule is CNc1nc(N2CCOCC2)nc(N(C)C(C)CC#N)n1. The minimum atomic E-state index is 0.0413. The zero-order valence-corrected chi connectivity index (χ0v) is 12.7. The Morgan fingerprint density at radius 2 is 2.10 bits per heavy atom. The van der Waals surface area contributed by atoms with Gasteiger partial charge in [0, 0.05) is 33.2 Å². The molecular weight excluding hydrogens is 270 g/mol. The summed E-state index contributed by atoms with van der Waals surface area (Å²) >= 11 is 0. The van der Waals surface area contributed by atoms with Crippen molar-refractivity contribution < 1.29 is 4.74 Å². The summed E-state index contributed by atoms with van der Waals surface area (Å²) in [4.78, 5) is 17.3. The summed E-state index contributed by atoms with van der Waals surface area (Å²) in [7, 11) is 3.67. The van der Waals surface area contributed by atoms with Crippen LogP contribution in [-0.2, 0) is 4.74 Å². The van der Waals surface area contributed by atoms with Crippen molar-refractivity contribution in [3.05, 3.63) is 0 Å². The first-order chi connectivity index (χ1) is 10.2. The van der Waals surface area contributed by atoms with Crippen LogP contribution in [0.2, 0.25) is 0 Å². The molecule has 114 valence electrons. The third-order valence-corrected chi connectivity index (χ3v) is 3.49. The van der Waals surface area contributed by atoms with Gasteiger partial charge in [0.2, 0.25) is 17.8 Å². The summed E-state index contributed by atoms with van der Waals surface area (Å²) in [5.74, 6) is 1.74. The van der Waals surface area contributed by atoms with Crippen LogP contribution in [0, 0.1) is 11.3 Å². The Labute approximate surface area is 124 Å². The molecule has 1 saturated heterocycles. The standard InChI is InChI=1S/C13H21N7O/c1-10(4-5-14)19(3)12-16-11(15-2)17-13(18-12)20-6-8-21-9-7-20/h10H,4,6-9H2,1-3H3,(H,15,16,17,18). The molecular formula is C13H21N7O. The number of rotatable bonds is 5. The molecule has 1 fully saturated rings. The Morgan fingerprint density at radius 1 is 1.38 bits per heavy atom. The molecule has 8 nitrogen and oxygen atoms in total. The summed E-state index contributed by atoms with van der Waals surface area (Å²) in [5, 5.41) is 11.8. The van der Waals surface area contributed by atoms with E-state index in [2.05, 4.69) is 31.2 Å². The van der Waals surface area contributed by atoms with E-state index in [-0.39, 0.29) is 6.04 Å². The fourth-order valence-electron chi connectivity index (χ4n) is 1.99. The molecule has 0 spiro atoms. The Hall–Kier alpha value is -2.14. The molecule has 1 atom stereocenters. The molecule has 0 aromatic carbocycles. The average Bonchev–Trinajstić information content (AvgIpc) is 2.54. The largest absolute Gasteiger partial charge is 0.378 e. The molecule has 2 rings (SSSR count). The van der Waals surface area contributed by atoms with Crippen molar-refractivity contribution in [1.82, 2.24) is 15.0 Å². The lowest BCUT2D eigenvalue weighted by molar-refractivity contribution is 0.122. The van der Waals surface area contributed by atoms with Gasteiger partial charge in [0.15, 0.2) is 0 Å². The van der Waals surface area contributed by atoms with Crippen molar-refractivity contribution in [3.8, 4) is 6.07 Å². The van der Waals surface area contributed by atoms with Crippen LogP contribution in [0.3, 0.4) is 0 Å². The predicted octanol–water partition coefficient (Wildman–Crippen LogP) is 0.488. The van der Waals surface area contributed by atoms with Gasteiger partial charge in [-0.15, -0.1) is 0 Å². The van der Waals surface area contributed by atoms with Gasteiger partial charge in [-0.3, -0.25) is 0 Å². The molecule has 1 aliphatic heterocycles. The fraction of sp³-hybridized carbons (Fsp3) is 0.692. The van der Waals surface area contributed by atoms with E-state index in [9.17, 15) is 0 Å². The Bertz CT molecular complexity index is 510. The van der Waals surface area contributed by atoms with Gasteiger partial charge in [0.05, 0.1) is 25.7 Å². The van der Waals surface area contributed by atoms with E-state index < -0.39 is 0 Å². The van der Waals surface area contributed by atoms with E-state index in [4.69, 9.17) is 10.00 Å². The molecule has 21 heavy (non-hydrogen) atoms. The van der Waals surface area contributed by atoms with Crippen LogP contribution >= 0.6 is 0 Å². The average molecular weight is 291 g/mol. The van der Waals surface area contributed by atoms with Gasteiger partial charge in [0.25, 0.3) is 0 Å². The van der Waals surface area contributed by atoms with Crippen LogP contribution in [0.5, 0.6) is 0 Å². The molecule has 1 aromatic heterocycles. The van der Waals surface area contributed by atoms with Crippen LogP contribution in [0.25, 0.3) is 0 Å². The monoisotopic (exact) mass is 291 g/mol. The maximum absolute atomic E-state index is 8.83. The number of nitriles is 1. The first-order valence-electron chi connectivity index (χ1n) is 7.02. The number of hydrogen-bond donors (Lipinski definition) is 1. The van der Waals surface area contributed by atoms with Gasteiger partial charge < -0.3 is 19.9 Å². The summed E-state index contributed by atoms with van der Waals surface area (Å²) in [5.41, 5.74) is 0. The van der Waals surface area contributed by atoms with E-state index in [1.807, 2.05) is 18.9 Å². The Balaban J connectivity index is 2.26. The van der Waals surface area contributed by atoms with Gasteiger partial charge in [-0.25, -0.2) is 0 Å². The highest BCUT2D eigenvalue weighted by molar-refractivity contribution is 5.45. The quantitative estimate of drug-likeness (QED) is 0.838. The lowest BCUT2D eigenvalue weighted by Crippen LogP contribution is -2.38. The van der Waals surface area contributed by atoms with Gasteiger partial charge >= 0.3 is 0 Å². The van der Waals surface area contributed by atoms with Crippen molar-refractivity contribution in [3.63, 3.8) is 0 Å². The predicted molar refractivity (Wildman–Crippen MR) is 80.5 cm³/mol. The topological polar surface area (TPSA) is 90.2 Å². The van der Waals surface area contributed by atoms with Crippen LogP contribution in [-0.4, -0.2) is 61.4 Å². The summed E-state index contributed by atoms with van der Waals surface area (Å²) < 4.78 is 5.35. The maximum Gasteiger partial charge on any atom is 0.232 e. The summed E-state index contributed by atoms with van der Waals surface area (Å²) in [6.45, 7) is 4.86. The molecule has 0 aliphatic carbocycles. The number of nitrogens with zero attached hydrogens (tertiary/aromatic N) is 6. The second kappa shape index (κ2) is 7.04. The van der Waals surface area contributed by atoms with Gasteiger partial charge in [0.1, 0.15) is 0 Å². The molecule has 1 aromatic rings. The molecule has 0 amide bonds. The normalized spacial score (nSPS) is 16.2. The summed E-state index contributed by atoms with van der Waals surface area (Å²) in [6.07, 6.45) is 0.421. The molecule has 1 N–H and O–H groups in total. The van der Waals surface area contributed by atoms with E-state index in [1.165, 1.54) is 0 Å². The van der Waals surface area contributed by atoms with E-state index in [1.54, 1.807) is 7.05 Å². The van der Waals surface area contributed by atoms with Crippen molar-refractivity contribution in [2.75, 3.05) is 55.5 Å². The number of anilines is 3. The molecule has 1 unspecified atom stereocenters. The van der Waals surface area contributed by atoms with Crippen molar-refractivity contribution in [1.29, 1.82) is 5.26 Å². The maximum atomic E-state index is 8.83. The minimum Gasteiger partial charge on any atom is -0.378 e. The highest BCUT2D eigenvalue weighted by Crippen LogP contribution is 2.18. The number of hydrogen-bond acceptors (Lipinski definition) is 8. The zero-order chi connectivity index (χ0) is 15.2. The molecule has 8 heteroatoms. The van der Waals surface area contributed by atoms with Gasteiger partial charge in [-0.1, -0.05) is 0 Å². The van der Waals surface area contributed by atoms with Gasteiger partial charge in [-0.2, -0.15) is 20.2 Å². The number of morpholine rings is 1. The molecule has 0 saturated carbocycles. The number of aromatic nitrogens is 3. The lowest BCUT2D eigenvalue weighted by atomic mass is 10.2. The Kier molecular flexibility index (Phi) is 5.11. The first kappa shape index (κ1) is 15.3. The van der Waals surface area contributed by atoms with E-state index >= 15 is 0 Å². The fourth-order valence-corrected chi connectivity index (χ4v) is 1.99. The smallest absolute Gasteiger partial charge is 0.232 e. The van der Waals surface area contributed by atoms with Gasteiger partial charge in [-0.05, 0) is 6.92 Å². The lowest BCUT2D eigenvalue weighted by Gasteiger charge is -2.29. The second-order valence-corrected chi connectivity index (χ2v) is 4.93. The zero-order valence-electron chi connectivity index (χ0n) is 12.7. The van der Waals surface area contributed by atoms with Crippen LogP contribution in [0.15, 0.2) is 0 Å². The van der Waals surface area contributed by atoms with E-state index in [0.29, 0.717) is 37.5 Å². The highest BCUT2D eigenvalue weighted by atomic mass is 16.5. The first-order valence-corrected chi connectivity index (χ1v) is 7.02. The third kappa shape index (κ3) is 3.70. The molecule has 0 bridgehead atoms. The van der Waals surface area contributed by atoms with E-state index in [0.717, 1.165) is 13.1 Å². The molecule has 0 radical (unpaired) electrons. The van der Waals surface area contributed by atoms with Crippen LogP contribution < -0.4 is 15.1 Å². The Morgan fingerprint density at radius 3 is 2.71 bits per heavy atom. The van der Waals surface area contributed by atoms with Crippen LogP contribution in [0.1, 0.15) is 13.3 Å². The van der Waals surface area contributed by atoms with Crippen molar-refractivity contribution >= 4 is 17.8 Å². The molecule has 1 aliphatic rings. The minimum absolute atomic E-state index is 0.0413.